The molecule has 3 nitrogen and oxygen atoms in total. The Kier molecular flexibility index (Phi) is 7.92. The molecule has 0 bridgehead atoms. The predicted octanol–water partition coefficient (Wildman–Crippen LogP) is 7.69. The highest BCUT2D eigenvalue weighted by Gasteiger charge is 2.15. The highest BCUT2D eigenvalue weighted by molar-refractivity contribution is 7.99. The van der Waals surface area contributed by atoms with E-state index in [-0.39, 0.29) is 11.7 Å². The van der Waals surface area contributed by atoms with E-state index in [1.54, 1.807) is 23.5 Å². The van der Waals surface area contributed by atoms with Crippen molar-refractivity contribution >= 4 is 34.1 Å². The normalized spacial score (nSPS) is 10.8. The Morgan fingerprint density at radius 1 is 0.939 bits per heavy atom. The number of aromatic nitrogens is 1. The fraction of sp³-hybridized carbons (Fsp3) is 0.185. The van der Waals surface area contributed by atoms with Crippen LogP contribution in [-0.4, -0.2) is 16.6 Å². The van der Waals surface area contributed by atoms with Crippen molar-refractivity contribution in [1.29, 1.82) is 0 Å². The number of halogens is 1. The van der Waals surface area contributed by atoms with Gasteiger partial charge in [-0.15, -0.1) is 23.1 Å². The minimum Gasteiger partial charge on any atom is -0.302 e. The van der Waals surface area contributed by atoms with Gasteiger partial charge in [-0.25, -0.2) is 9.37 Å². The summed E-state index contributed by atoms with van der Waals surface area (Å²) in [7, 11) is 0. The lowest BCUT2D eigenvalue weighted by Crippen LogP contribution is -2.11. The number of thioether (sulfide) groups is 1. The fourth-order valence-electron chi connectivity index (χ4n) is 3.45. The molecular formula is C27H25FN2OS2. The second-order valence-corrected chi connectivity index (χ2v) is 9.84. The van der Waals surface area contributed by atoms with E-state index in [9.17, 15) is 9.18 Å². The first-order chi connectivity index (χ1) is 16.1. The molecule has 0 aliphatic rings. The zero-order valence-electron chi connectivity index (χ0n) is 18.4. The summed E-state index contributed by atoms with van der Waals surface area (Å²) in [6, 6.07) is 25.0. The molecule has 4 rings (SSSR count). The average molecular weight is 477 g/mol. The van der Waals surface area contributed by atoms with Gasteiger partial charge in [-0.2, -0.15) is 0 Å². The zero-order chi connectivity index (χ0) is 23.0. The van der Waals surface area contributed by atoms with Crippen LogP contribution in [0.5, 0.6) is 0 Å². The van der Waals surface area contributed by atoms with E-state index in [1.165, 1.54) is 39.9 Å². The predicted molar refractivity (Wildman–Crippen MR) is 137 cm³/mol. The summed E-state index contributed by atoms with van der Waals surface area (Å²) in [5.74, 6) is 0.306. The van der Waals surface area contributed by atoms with E-state index >= 15 is 0 Å². The molecule has 0 fully saturated rings. The highest BCUT2D eigenvalue weighted by atomic mass is 32.2. The number of carbonyl (C=O) groups is 1. The van der Waals surface area contributed by atoms with Gasteiger partial charge in [-0.1, -0.05) is 67.9 Å². The molecule has 6 heteroatoms. The van der Waals surface area contributed by atoms with Gasteiger partial charge in [0.1, 0.15) is 5.82 Å². The zero-order valence-corrected chi connectivity index (χ0v) is 20.0. The monoisotopic (exact) mass is 476 g/mol. The number of nitrogens with zero attached hydrogens (tertiary/aromatic N) is 1. The highest BCUT2D eigenvalue weighted by Crippen LogP contribution is 2.33. The van der Waals surface area contributed by atoms with Gasteiger partial charge in [0.15, 0.2) is 5.13 Å². The van der Waals surface area contributed by atoms with E-state index in [0.29, 0.717) is 17.3 Å². The second kappa shape index (κ2) is 11.3. The molecule has 33 heavy (non-hydrogen) atoms. The van der Waals surface area contributed by atoms with Crippen LogP contribution in [0.2, 0.25) is 0 Å². The molecule has 4 aromatic rings. The maximum Gasteiger partial charge on any atom is 0.226 e. The van der Waals surface area contributed by atoms with Crippen LogP contribution in [0, 0.1) is 5.82 Å². The van der Waals surface area contributed by atoms with Crippen LogP contribution < -0.4 is 5.32 Å². The van der Waals surface area contributed by atoms with Crippen molar-refractivity contribution in [3.8, 4) is 22.4 Å². The quantitative estimate of drug-likeness (QED) is 0.252. The summed E-state index contributed by atoms with van der Waals surface area (Å²) >= 11 is 3.08. The van der Waals surface area contributed by atoms with Crippen molar-refractivity contribution in [1.82, 2.24) is 4.98 Å². The van der Waals surface area contributed by atoms with Crippen molar-refractivity contribution in [3.05, 3.63) is 89.6 Å². The Hall–Kier alpha value is -2.96. The lowest BCUT2D eigenvalue weighted by Gasteiger charge is -2.05. The molecule has 168 valence electrons. The average Bonchev–Trinajstić information content (AvgIpc) is 3.23. The number of benzene rings is 3. The molecule has 1 N–H and O–H groups in total. The minimum absolute atomic E-state index is 0.0626. The molecule has 0 saturated carbocycles. The first-order valence-electron chi connectivity index (χ1n) is 11.0. The number of hydrogen-bond acceptors (Lipinski definition) is 4. The summed E-state index contributed by atoms with van der Waals surface area (Å²) in [6.45, 7) is 2.15. The molecule has 0 aliphatic carbocycles. The number of thiazole rings is 1. The first-order valence-corrected chi connectivity index (χ1v) is 12.8. The van der Waals surface area contributed by atoms with E-state index in [0.717, 1.165) is 29.0 Å². The molecule has 0 unspecified atom stereocenters. The van der Waals surface area contributed by atoms with Crippen LogP contribution in [0.4, 0.5) is 9.52 Å². The van der Waals surface area contributed by atoms with Crippen LogP contribution in [-0.2, 0) is 11.2 Å². The minimum atomic E-state index is -0.255. The number of anilines is 1. The molecule has 0 atom stereocenters. The fourth-order valence-corrected chi connectivity index (χ4v) is 5.41. The van der Waals surface area contributed by atoms with Crippen molar-refractivity contribution in [2.75, 3.05) is 11.1 Å². The van der Waals surface area contributed by atoms with Gasteiger partial charge >= 0.3 is 0 Å². The third-order valence-corrected chi connectivity index (χ3v) is 7.14. The Bertz CT molecular complexity index is 1190. The molecule has 0 saturated heterocycles. The van der Waals surface area contributed by atoms with Crippen LogP contribution in [0.1, 0.15) is 24.6 Å². The van der Waals surface area contributed by atoms with E-state index in [2.05, 4.69) is 48.6 Å². The second-order valence-electron chi connectivity index (χ2n) is 7.58. The number of nitrogens with one attached hydrogen (secondary N) is 1. The molecule has 0 aliphatic heterocycles. The van der Waals surface area contributed by atoms with Crippen molar-refractivity contribution in [2.24, 2.45) is 0 Å². The molecule has 0 radical (unpaired) electrons. The van der Waals surface area contributed by atoms with Gasteiger partial charge in [0.25, 0.3) is 0 Å². The molecule has 1 aromatic heterocycles. The summed E-state index contributed by atoms with van der Waals surface area (Å²) in [5, 5.41) is 3.60. The lowest BCUT2D eigenvalue weighted by molar-refractivity contribution is -0.115. The topological polar surface area (TPSA) is 42.0 Å². The van der Waals surface area contributed by atoms with Crippen LogP contribution in [0.3, 0.4) is 0 Å². The van der Waals surface area contributed by atoms with Crippen LogP contribution in [0.25, 0.3) is 22.4 Å². The largest absolute Gasteiger partial charge is 0.302 e. The number of amides is 1. The maximum absolute atomic E-state index is 13.0. The van der Waals surface area contributed by atoms with Gasteiger partial charge < -0.3 is 5.32 Å². The lowest BCUT2D eigenvalue weighted by atomic mass is 10.0. The van der Waals surface area contributed by atoms with Crippen molar-refractivity contribution < 1.29 is 9.18 Å². The Balaban J connectivity index is 1.41. The van der Waals surface area contributed by atoms with Gasteiger partial charge in [0.05, 0.1) is 5.69 Å². The van der Waals surface area contributed by atoms with Gasteiger partial charge in [-0.05, 0) is 41.8 Å². The van der Waals surface area contributed by atoms with Crippen molar-refractivity contribution in [2.45, 2.75) is 31.1 Å². The van der Waals surface area contributed by atoms with Crippen molar-refractivity contribution in [3.63, 3.8) is 0 Å². The number of hydrogen-bond donors (Lipinski definition) is 1. The molecule has 1 amide bonds. The third kappa shape index (κ3) is 6.30. The molecule has 0 spiro atoms. The standard InChI is InChI=1S/C27H25FN2OS2/c1-2-6-24-26(21-11-9-20(10-12-21)19-7-4-3-5-8-19)30-27(33-24)29-25(31)17-18-32-23-15-13-22(28)14-16-23/h3-5,7-16H,2,6,17-18H2,1H3,(H,29,30,31). The molecule has 1 heterocycles. The summed E-state index contributed by atoms with van der Waals surface area (Å²) in [5.41, 5.74) is 4.35. The number of carbonyl (C=O) groups excluding carboxylic acids is 1. The maximum atomic E-state index is 13.0. The first kappa shape index (κ1) is 23.2. The Morgan fingerprint density at radius 2 is 1.61 bits per heavy atom. The SMILES string of the molecule is CCCc1sc(NC(=O)CCSc2ccc(F)cc2)nc1-c1ccc(-c2ccccc2)cc1. The van der Waals surface area contributed by atoms with Gasteiger partial charge in [0, 0.05) is 27.5 Å². The van der Waals surface area contributed by atoms with Gasteiger partial charge in [-0.3, -0.25) is 4.79 Å². The smallest absolute Gasteiger partial charge is 0.226 e. The summed E-state index contributed by atoms with van der Waals surface area (Å²) in [4.78, 5) is 19.3. The van der Waals surface area contributed by atoms with Crippen LogP contribution in [0.15, 0.2) is 83.8 Å². The molecule has 3 aromatic carbocycles. The Labute approximate surface area is 202 Å². The number of rotatable bonds is 9. The van der Waals surface area contributed by atoms with Crippen LogP contribution >= 0.6 is 23.1 Å². The van der Waals surface area contributed by atoms with Gasteiger partial charge in [0.2, 0.25) is 5.91 Å². The Morgan fingerprint density at radius 3 is 2.30 bits per heavy atom. The summed E-state index contributed by atoms with van der Waals surface area (Å²) in [6.07, 6.45) is 2.30. The summed E-state index contributed by atoms with van der Waals surface area (Å²) < 4.78 is 13.0. The van der Waals surface area contributed by atoms with E-state index in [4.69, 9.17) is 4.98 Å². The van der Waals surface area contributed by atoms with E-state index < -0.39 is 0 Å². The molecular weight excluding hydrogens is 451 g/mol. The van der Waals surface area contributed by atoms with E-state index in [1.807, 2.05) is 18.2 Å². The third-order valence-electron chi connectivity index (χ3n) is 5.10. The number of aryl methyl sites for hydroxylation is 1.